The third-order valence-corrected chi connectivity index (χ3v) is 3.99. The van der Waals surface area contributed by atoms with Crippen molar-refractivity contribution in [1.82, 2.24) is 10.2 Å². The van der Waals surface area contributed by atoms with Crippen LogP contribution in [0.2, 0.25) is 0 Å². The first-order chi connectivity index (χ1) is 8.58. The predicted octanol–water partition coefficient (Wildman–Crippen LogP) is 0.698. The summed E-state index contributed by atoms with van der Waals surface area (Å²) in [6, 6.07) is -0.496. The van der Waals surface area contributed by atoms with Crippen LogP contribution in [0.3, 0.4) is 0 Å². The van der Waals surface area contributed by atoms with E-state index in [1.54, 1.807) is 6.92 Å². The largest absolute Gasteiger partial charge is 0.480 e. The Labute approximate surface area is 108 Å². The molecule has 0 aromatic heterocycles. The maximum Gasteiger partial charge on any atom is 0.320 e. The number of hydrogen-bond donors (Lipinski definition) is 2. The molecule has 1 aliphatic heterocycles. The molecule has 2 atom stereocenters. The fourth-order valence-electron chi connectivity index (χ4n) is 2.44. The van der Waals surface area contributed by atoms with Crippen LogP contribution in [0.4, 0.5) is 0 Å². The SMILES string of the molecule is CC(C(=O)O)N1CCCC(C(=O)NCC2CC2)C1. The molecule has 18 heavy (non-hydrogen) atoms. The average molecular weight is 254 g/mol. The Bertz CT molecular complexity index is 328. The minimum absolute atomic E-state index is 0.0423. The minimum Gasteiger partial charge on any atom is -0.480 e. The molecule has 0 aromatic carbocycles. The lowest BCUT2D eigenvalue weighted by atomic mass is 9.96. The summed E-state index contributed by atoms with van der Waals surface area (Å²) in [5.74, 6) is -0.0656. The summed E-state index contributed by atoms with van der Waals surface area (Å²) in [5, 5.41) is 12.0. The Kier molecular flexibility index (Phi) is 4.22. The zero-order chi connectivity index (χ0) is 13.1. The zero-order valence-corrected chi connectivity index (χ0v) is 10.9. The maximum atomic E-state index is 12.0. The van der Waals surface area contributed by atoms with Crippen molar-refractivity contribution in [2.45, 2.75) is 38.6 Å². The van der Waals surface area contributed by atoms with Gasteiger partial charge in [-0.25, -0.2) is 0 Å². The standard InChI is InChI=1S/C13H22N2O3/c1-9(13(17)18)15-6-2-3-11(8-15)12(16)14-7-10-4-5-10/h9-11H,2-8H2,1H3,(H,14,16)(H,17,18). The Hall–Kier alpha value is -1.10. The Morgan fingerprint density at radius 1 is 1.39 bits per heavy atom. The van der Waals surface area contributed by atoms with Crippen molar-refractivity contribution in [2.75, 3.05) is 19.6 Å². The molecule has 0 aromatic rings. The summed E-state index contributed by atoms with van der Waals surface area (Å²) >= 11 is 0. The summed E-state index contributed by atoms with van der Waals surface area (Å²) in [4.78, 5) is 24.8. The highest BCUT2D eigenvalue weighted by Gasteiger charge is 2.31. The van der Waals surface area contributed by atoms with Gasteiger partial charge in [0.05, 0.1) is 5.92 Å². The highest BCUT2D eigenvalue weighted by atomic mass is 16.4. The number of carboxylic acid groups (broad SMARTS) is 1. The van der Waals surface area contributed by atoms with E-state index in [-0.39, 0.29) is 11.8 Å². The van der Waals surface area contributed by atoms with E-state index < -0.39 is 12.0 Å². The monoisotopic (exact) mass is 254 g/mol. The zero-order valence-electron chi connectivity index (χ0n) is 10.9. The van der Waals surface area contributed by atoms with Gasteiger partial charge >= 0.3 is 5.97 Å². The van der Waals surface area contributed by atoms with Gasteiger partial charge in [0.1, 0.15) is 6.04 Å². The smallest absolute Gasteiger partial charge is 0.320 e. The van der Waals surface area contributed by atoms with Crippen LogP contribution in [0.25, 0.3) is 0 Å². The van der Waals surface area contributed by atoms with Crippen molar-refractivity contribution in [1.29, 1.82) is 0 Å². The van der Waals surface area contributed by atoms with Gasteiger partial charge in [0.25, 0.3) is 0 Å². The number of likely N-dealkylation sites (tertiary alicyclic amines) is 1. The fourth-order valence-corrected chi connectivity index (χ4v) is 2.44. The number of carbonyl (C=O) groups excluding carboxylic acids is 1. The van der Waals surface area contributed by atoms with Crippen LogP contribution in [0.1, 0.15) is 32.6 Å². The third kappa shape index (κ3) is 3.45. The van der Waals surface area contributed by atoms with Crippen LogP contribution < -0.4 is 5.32 Å². The van der Waals surface area contributed by atoms with Crippen LogP contribution in [0.5, 0.6) is 0 Å². The van der Waals surface area contributed by atoms with E-state index in [2.05, 4.69) is 5.32 Å². The van der Waals surface area contributed by atoms with E-state index in [4.69, 9.17) is 5.11 Å². The first-order valence-electron chi connectivity index (χ1n) is 6.82. The van der Waals surface area contributed by atoms with Gasteiger partial charge in [0.2, 0.25) is 5.91 Å². The van der Waals surface area contributed by atoms with Crippen molar-refractivity contribution in [3.63, 3.8) is 0 Å². The fraction of sp³-hybridized carbons (Fsp3) is 0.846. The molecule has 5 nitrogen and oxygen atoms in total. The van der Waals surface area contributed by atoms with Gasteiger partial charge in [-0.05, 0) is 45.1 Å². The molecule has 1 saturated heterocycles. The Morgan fingerprint density at radius 3 is 2.72 bits per heavy atom. The molecular formula is C13H22N2O3. The van der Waals surface area contributed by atoms with Gasteiger partial charge in [-0.2, -0.15) is 0 Å². The molecule has 102 valence electrons. The first-order valence-corrected chi connectivity index (χ1v) is 6.82. The molecule has 2 unspecified atom stereocenters. The second-order valence-electron chi connectivity index (χ2n) is 5.54. The minimum atomic E-state index is -0.811. The highest BCUT2D eigenvalue weighted by molar-refractivity contribution is 5.79. The van der Waals surface area contributed by atoms with E-state index >= 15 is 0 Å². The van der Waals surface area contributed by atoms with Crippen molar-refractivity contribution in [2.24, 2.45) is 11.8 Å². The van der Waals surface area contributed by atoms with Crippen LogP contribution >= 0.6 is 0 Å². The summed E-state index contributed by atoms with van der Waals surface area (Å²) in [6.07, 6.45) is 4.23. The lowest BCUT2D eigenvalue weighted by Gasteiger charge is -2.34. The molecular weight excluding hydrogens is 232 g/mol. The Morgan fingerprint density at radius 2 is 2.11 bits per heavy atom. The first kappa shape index (κ1) is 13.3. The second-order valence-corrected chi connectivity index (χ2v) is 5.54. The Balaban J connectivity index is 1.81. The maximum absolute atomic E-state index is 12.0. The van der Waals surface area contributed by atoms with Gasteiger partial charge in [0.15, 0.2) is 0 Å². The van der Waals surface area contributed by atoms with Gasteiger partial charge < -0.3 is 10.4 Å². The van der Waals surface area contributed by atoms with Crippen LogP contribution in [0.15, 0.2) is 0 Å². The van der Waals surface area contributed by atoms with Crippen molar-refractivity contribution < 1.29 is 14.7 Å². The van der Waals surface area contributed by atoms with E-state index in [0.29, 0.717) is 12.5 Å². The topological polar surface area (TPSA) is 69.6 Å². The molecule has 2 N–H and O–H groups in total. The van der Waals surface area contributed by atoms with E-state index in [9.17, 15) is 9.59 Å². The van der Waals surface area contributed by atoms with Crippen LogP contribution in [-0.4, -0.2) is 47.6 Å². The van der Waals surface area contributed by atoms with Gasteiger partial charge in [0, 0.05) is 13.1 Å². The molecule has 2 fully saturated rings. The quantitative estimate of drug-likeness (QED) is 0.757. The number of nitrogens with one attached hydrogen (secondary N) is 1. The molecule has 0 radical (unpaired) electrons. The molecule has 5 heteroatoms. The number of carbonyl (C=O) groups is 2. The average Bonchev–Trinajstić information content (AvgIpc) is 3.19. The molecule has 0 bridgehead atoms. The van der Waals surface area contributed by atoms with Crippen molar-refractivity contribution in [3.05, 3.63) is 0 Å². The van der Waals surface area contributed by atoms with Crippen molar-refractivity contribution in [3.8, 4) is 0 Å². The predicted molar refractivity (Wildman–Crippen MR) is 67.1 cm³/mol. The summed E-state index contributed by atoms with van der Waals surface area (Å²) in [5.41, 5.74) is 0. The number of amides is 1. The molecule has 2 aliphatic rings. The molecule has 1 aliphatic carbocycles. The molecule has 1 saturated carbocycles. The molecule has 1 heterocycles. The summed E-state index contributed by atoms with van der Waals surface area (Å²) < 4.78 is 0. The van der Waals surface area contributed by atoms with Crippen LogP contribution in [0, 0.1) is 11.8 Å². The number of nitrogens with zero attached hydrogens (tertiary/aromatic N) is 1. The number of rotatable bonds is 5. The summed E-state index contributed by atoms with van der Waals surface area (Å²) in [6.45, 7) is 3.83. The highest BCUT2D eigenvalue weighted by Crippen LogP contribution is 2.28. The normalized spacial score (nSPS) is 26.6. The molecule has 0 spiro atoms. The number of aliphatic carboxylic acids is 1. The second kappa shape index (κ2) is 5.69. The lowest BCUT2D eigenvalue weighted by molar-refractivity contribution is -0.144. The van der Waals surface area contributed by atoms with Crippen molar-refractivity contribution >= 4 is 11.9 Å². The van der Waals surface area contributed by atoms with E-state index in [1.807, 2.05) is 4.90 Å². The van der Waals surface area contributed by atoms with Gasteiger partial charge in [-0.1, -0.05) is 0 Å². The van der Waals surface area contributed by atoms with E-state index in [1.165, 1.54) is 12.8 Å². The lowest BCUT2D eigenvalue weighted by Crippen LogP contribution is -2.48. The number of carboxylic acids is 1. The number of hydrogen-bond acceptors (Lipinski definition) is 3. The van der Waals surface area contributed by atoms with E-state index in [0.717, 1.165) is 25.9 Å². The molecule has 2 rings (SSSR count). The van der Waals surface area contributed by atoms with Crippen LogP contribution in [-0.2, 0) is 9.59 Å². The third-order valence-electron chi connectivity index (χ3n) is 3.99. The van der Waals surface area contributed by atoms with Gasteiger partial charge in [-0.3, -0.25) is 14.5 Å². The summed E-state index contributed by atoms with van der Waals surface area (Å²) in [7, 11) is 0. The van der Waals surface area contributed by atoms with Gasteiger partial charge in [-0.15, -0.1) is 0 Å². The number of piperidine rings is 1. The molecule has 1 amide bonds.